The first-order valence-corrected chi connectivity index (χ1v) is 7.37. The third kappa shape index (κ3) is 2.90. The molecule has 0 radical (unpaired) electrons. The molecule has 0 amide bonds. The van der Waals surface area contributed by atoms with Crippen molar-refractivity contribution >= 4 is 5.82 Å². The van der Waals surface area contributed by atoms with E-state index >= 15 is 0 Å². The number of nitrogens with one attached hydrogen (secondary N) is 1. The number of aryl methyl sites for hydroxylation is 1. The second-order valence-electron chi connectivity index (χ2n) is 5.51. The zero-order valence-electron chi connectivity index (χ0n) is 11.7. The molecule has 3 rings (SSSR count). The monoisotopic (exact) mass is 261 g/mol. The van der Waals surface area contributed by atoms with Gasteiger partial charge >= 0.3 is 0 Å². The van der Waals surface area contributed by atoms with Crippen molar-refractivity contribution in [3.05, 3.63) is 23.4 Å². The normalized spacial score (nSPS) is 24.5. The van der Waals surface area contributed by atoms with E-state index in [2.05, 4.69) is 29.4 Å². The number of piperidine rings is 1. The fraction of sp³-hybridized carbons (Fsp3) is 0.667. The third-order valence-electron chi connectivity index (χ3n) is 4.10. The summed E-state index contributed by atoms with van der Waals surface area (Å²) in [5.41, 5.74) is 2.63. The molecule has 2 saturated heterocycles. The minimum absolute atomic E-state index is 0.499. The highest BCUT2D eigenvalue weighted by Gasteiger charge is 2.18. The molecule has 19 heavy (non-hydrogen) atoms. The Balaban J connectivity index is 1.76. The van der Waals surface area contributed by atoms with Crippen LogP contribution in [0.1, 0.15) is 36.4 Å². The average Bonchev–Trinajstić information content (AvgIpc) is 2.49. The van der Waals surface area contributed by atoms with E-state index < -0.39 is 0 Å². The second kappa shape index (κ2) is 5.88. The van der Waals surface area contributed by atoms with E-state index in [4.69, 9.17) is 9.72 Å². The van der Waals surface area contributed by atoms with Gasteiger partial charge in [0.2, 0.25) is 0 Å². The van der Waals surface area contributed by atoms with Crippen LogP contribution in [0.3, 0.4) is 0 Å². The van der Waals surface area contributed by atoms with Gasteiger partial charge in [0.1, 0.15) is 5.82 Å². The van der Waals surface area contributed by atoms with Crippen molar-refractivity contribution in [2.45, 2.75) is 32.2 Å². The van der Waals surface area contributed by atoms with Crippen molar-refractivity contribution in [1.29, 1.82) is 0 Å². The van der Waals surface area contributed by atoms with Gasteiger partial charge in [-0.2, -0.15) is 0 Å². The highest BCUT2D eigenvalue weighted by molar-refractivity contribution is 5.48. The minimum Gasteiger partial charge on any atom is -0.378 e. The van der Waals surface area contributed by atoms with E-state index in [1.165, 1.54) is 30.4 Å². The smallest absolute Gasteiger partial charge is 0.131 e. The van der Waals surface area contributed by atoms with Crippen molar-refractivity contribution < 1.29 is 4.74 Å². The van der Waals surface area contributed by atoms with Crippen LogP contribution < -0.4 is 10.2 Å². The number of ether oxygens (including phenoxy) is 1. The summed E-state index contributed by atoms with van der Waals surface area (Å²) in [6.07, 6.45) is 5.91. The quantitative estimate of drug-likeness (QED) is 0.884. The zero-order chi connectivity index (χ0) is 13.1. The van der Waals surface area contributed by atoms with Gasteiger partial charge in [-0.25, -0.2) is 4.98 Å². The topological polar surface area (TPSA) is 37.4 Å². The lowest BCUT2D eigenvalue weighted by Gasteiger charge is -2.30. The molecule has 4 heteroatoms. The maximum Gasteiger partial charge on any atom is 0.131 e. The molecule has 0 aromatic carbocycles. The minimum atomic E-state index is 0.499. The lowest BCUT2D eigenvalue weighted by Crippen LogP contribution is -2.37. The van der Waals surface area contributed by atoms with Crippen molar-refractivity contribution in [2.75, 3.05) is 37.7 Å². The number of nitrogens with zero attached hydrogens (tertiary/aromatic N) is 2. The summed E-state index contributed by atoms with van der Waals surface area (Å²) < 4.78 is 5.40. The first-order valence-electron chi connectivity index (χ1n) is 7.37. The van der Waals surface area contributed by atoms with Crippen molar-refractivity contribution in [3.8, 4) is 0 Å². The molecule has 0 bridgehead atoms. The Kier molecular flexibility index (Phi) is 3.99. The molecule has 0 aliphatic carbocycles. The zero-order valence-corrected chi connectivity index (χ0v) is 11.7. The Hall–Kier alpha value is -1.13. The second-order valence-corrected chi connectivity index (χ2v) is 5.51. The molecule has 0 spiro atoms. The van der Waals surface area contributed by atoms with Crippen LogP contribution in [0.4, 0.5) is 5.82 Å². The third-order valence-corrected chi connectivity index (χ3v) is 4.10. The van der Waals surface area contributed by atoms with Gasteiger partial charge in [0.05, 0.1) is 13.2 Å². The Morgan fingerprint density at radius 2 is 2.16 bits per heavy atom. The molecule has 0 unspecified atom stereocenters. The number of morpholine rings is 1. The summed E-state index contributed by atoms with van der Waals surface area (Å²) in [5, 5.41) is 3.59. The Morgan fingerprint density at radius 3 is 2.84 bits per heavy atom. The largest absolute Gasteiger partial charge is 0.378 e. The van der Waals surface area contributed by atoms with E-state index in [9.17, 15) is 0 Å². The lowest BCUT2D eigenvalue weighted by molar-refractivity contribution is 0.122. The molecule has 4 nitrogen and oxygen atoms in total. The first kappa shape index (κ1) is 12.9. The molecule has 1 aromatic rings. The van der Waals surface area contributed by atoms with E-state index in [1.54, 1.807) is 0 Å². The maximum atomic E-state index is 5.40. The Bertz CT molecular complexity index is 423. The van der Waals surface area contributed by atoms with Gasteiger partial charge in [-0.05, 0) is 43.5 Å². The number of rotatable bonds is 2. The highest BCUT2D eigenvalue weighted by Crippen LogP contribution is 2.26. The van der Waals surface area contributed by atoms with Crippen molar-refractivity contribution in [1.82, 2.24) is 10.3 Å². The molecule has 1 aromatic heterocycles. The van der Waals surface area contributed by atoms with Gasteiger partial charge in [-0.3, -0.25) is 0 Å². The molecule has 3 heterocycles. The number of anilines is 1. The van der Waals surface area contributed by atoms with Crippen LogP contribution in [0.5, 0.6) is 0 Å². The summed E-state index contributed by atoms with van der Waals surface area (Å²) in [4.78, 5) is 7.04. The van der Waals surface area contributed by atoms with Gasteiger partial charge in [-0.15, -0.1) is 0 Å². The van der Waals surface area contributed by atoms with Crippen LogP contribution in [0.15, 0.2) is 12.3 Å². The predicted octanol–water partition coefficient (Wildman–Crippen LogP) is 2.04. The first-order chi connectivity index (χ1) is 9.34. The van der Waals surface area contributed by atoms with E-state index in [0.717, 1.165) is 38.7 Å². The fourth-order valence-electron chi connectivity index (χ4n) is 3.02. The van der Waals surface area contributed by atoms with Crippen LogP contribution in [0, 0.1) is 6.92 Å². The summed E-state index contributed by atoms with van der Waals surface area (Å²) in [6, 6.07) is 2.81. The summed E-state index contributed by atoms with van der Waals surface area (Å²) in [7, 11) is 0. The number of aromatic nitrogens is 1. The summed E-state index contributed by atoms with van der Waals surface area (Å²) in [6.45, 7) is 6.84. The van der Waals surface area contributed by atoms with E-state index in [0.29, 0.717) is 6.04 Å². The molecular formula is C15H23N3O. The van der Waals surface area contributed by atoms with E-state index in [-0.39, 0.29) is 0 Å². The fourth-order valence-corrected chi connectivity index (χ4v) is 3.02. The van der Waals surface area contributed by atoms with Crippen molar-refractivity contribution in [2.24, 2.45) is 0 Å². The van der Waals surface area contributed by atoms with Crippen LogP contribution in [0.2, 0.25) is 0 Å². The maximum absolute atomic E-state index is 5.40. The van der Waals surface area contributed by atoms with E-state index in [1.807, 2.05) is 0 Å². The molecular weight excluding hydrogens is 238 g/mol. The van der Waals surface area contributed by atoms with Crippen molar-refractivity contribution in [3.63, 3.8) is 0 Å². The molecule has 104 valence electrons. The molecule has 1 atom stereocenters. The molecule has 1 N–H and O–H groups in total. The molecule has 2 aliphatic heterocycles. The lowest BCUT2D eigenvalue weighted by atomic mass is 9.98. The molecule has 0 saturated carbocycles. The Labute approximate surface area is 115 Å². The highest BCUT2D eigenvalue weighted by atomic mass is 16.5. The molecule has 2 aliphatic rings. The van der Waals surface area contributed by atoms with Gasteiger partial charge in [0.25, 0.3) is 0 Å². The SMILES string of the molecule is Cc1cc([C@@H]2CCCCN2)cnc1N1CCOCC1. The van der Waals surface area contributed by atoms with Crippen LogP contribution in [-0.2, 0) is 4.74 Å². The van der Waals surface area contributed by atoms with Gasteiger partial charge in [0, 0.05) is 25.3 Å². The average molecular weight is 261 g/mol. The van der Waals surface area contributed by atoms with Gasteiger partial charge in [-0.1, -0.05) is 6.42 Å². The predicted molar refractivity (Wildman–Crippen MR) is 76.6 cm³/mol. The van der Waals surface area contributed by atoms with Crippen LogP contribution in [-0.4, -0.2) is 37.8 Å². The van der Waals surface area contributed by atoms with Gasteiger partial charge in [0.15, 0.2) is 0 Å². The summed E-state index contributed by atoms with van der Waals surface area (Å²) in [5.74, 6) is 1.13. The Morgan fingerprint density at radius 1 is 1.32 bits per heavy atom. The summed E-state index contributed by atoms with van der Waals surface area (Å²) >= 11 is 0. The van der Waals surface area contributed by atoms with Crippen LogP contribution in [0.25, 0.3) is 0 Å². The number of pyridine rings is 1. The standard InChI is InChI=1S/C15H23N3O/c1-12-10-13(14-4-2-3-5-16-14)11-17-15(12)18-6-8-19-9-7-18/h10-11,14,16H,2-9H2,1H3/t14-/m0/s1. The van der Waals surface area contributed by atoms with Gasteiger partial charge < -0.3 is 15.0 Å². The van der Waals surface area contributed by atoms with Crippen LogP contribution >= 0.6 is 0 Å². The number of hydrogen-bond donors (Lipinski definition) is 1. The molecule has 2 fully saturated rings. The number of hydrogen-bond acceptors (Lipinski definition) is 4.